The van der Waals surface area contributed by atoms with Gasteiger partial charge in [0.25, 0.3) is 0 Å². The van der Waals surface area contributed by atoms with E-state index in [1.165, 1.54) is 11.8 Å². The molecular weight excluding hydrogens is 302 g/mol. The molecule has 22 heavy (non-hydrogen) atoms. The van der Waals surface area contributed by atoms with Crippen LogP contribution in [0.2, 0.25) is 0 Å². The first-order valence-electron chi connectivity index (χ1n) is 7.25. The summed E-state index contributed by atoms with van der Waals surface area (Å²) in [5, 5.41) is 6.34. The van der Waals surface area contributed by atoms with Crippen LogP contribution < -0.4 is 10.6 Å². The van der Waals surface area contributed by atoms with Crippen LogP contribution in [0.15, 0.2) is 35.3 Å². The molecule has 0 aliphatic carbocycles. The van der Waals surface area contributed by atoms with E-state index in [-0.39, 0.29) is 12.4 Å². The van der Waals surface area contributed by atoms with Crippen LogP contribution >= 0.6 is 0 Å². The van der Waals surface area contributed by atoms with Gasteiger partial charge >= 0.3 is 0 Å². The predicted molar refractivity (Wildman–Crippen MR) is 90.0 cm³/mol. The van der Waals surface area contributed by atoms with Gasteiger partial charge in [0.15, 0.2) is 5.96 Å². The second-order valence-corrected chi connectivity index (χ2v) is 7.16. The summed E-state index contributed by atoms with van der Waals surface area (Å²) in [6.07, 6.45) is 2.12. The molecule has 124 valence electrons. The zero-order valence-corrected chi connectivity index (χ0v) is 14.0. The van der Waals surface area contributed by atoms with Crippen LogP contribution in [0.25, 0.3) is 0 Å². The predicted octanol–water partition coefficient (Wildman–Crippen LogP) is 0.455. The molecule has 0 saturated heterocycles. The molecular formula is C15H25N3O3S. The van der Waals surface area contributed by atoms with Crippen molar-refractivity contribution >= 4 is 15.8 Å². The highest BCUT2D eigenvalue weighted by molar-refractivity contribution is 7.90. The number of nitrogens with one attached hydrogen (secondary N) is 2. The molecule has 0 radical (unpaired) electrons. The van der Waals surface area contributed by atoms with Crippen molar-refractivity contribution in [3.63, 3.8) is 0 Å². The number of aliphatic imine (C=N–C) groups is 1. The second kappa shape index (κ2) is 10.2. The van der Waals surface area contributed by atoms with Crippen LogP contribution in [0.1, 0.15) is 5.56 Å². The number of guanidine groups is 1. The second-order valence-electron chi connectivity index (χ2n) is 4.90. The molecule has 6 nitrogen and oxygen atoms in total. The van der Waals surface area contributed by atoms with E-state index in [0.29, 0.717) is 19.1 Å². The lowest BCUT2D eigenvalue weighted by Crippen LogP contribution is -2.39. The van der Waals surface area contributed by atoms with Gasteiger partial charge in [-0.15, -0.1) is 0 Å². The summed E-state index contributed by atoms with van der Waals surface area (Å²) < 4.78 is 27.1. The molecule has 0 heterocycles. The van der Waals surface area contributed by atoms with Gasteiger partial charge in [0.2, 0.25) is 0 Å². The van der Waals surface area contributed by atoms with Crippen LogP contribution in [0.4, 0.5) is 0 Å². The van der Waals surface area contributed by atoms with E-state index < -0.39 is 9.84 Å². The largest absolute Gasteiger partial charge is 0.379 e. The lowest BCUT2D eigenvalue weighted by molar-refractivity contribution is 0.154. The van der Waals surface area contributed by atoms with Gasteiger partial charge in [-0.1, -0.05) is 30.3 Å². The fraction of sp³-hybridized carbons (Fsp3) is 0.533. The highest BCUT2D eigenvalue weighted by Crippen LogP contribution is 1.97. The maximum Gasteiger partial charge on any atom is 0.191 e. The third-order valence-electron chi connectivity index (χ3n) is 2.91. The molecule has 0 saturated carbocycles. The first-order chi connectivity index (χ1) is 10.5. The molecule has 7 heteroatoms. The molecule has 2 N–H and O–H groups in total. The Bertz CT molecular complexity index is 544. The molecule has 1 aromatic rings. The average molecular weight is 327 g/mol. The maximum atomic E-state index is 10.9. The average Bonchev–Trinajstić information content (AvgIpc) is 2.49. The van der Waals surface area contributed by atoms with E-state index in [1.54, 1.807) is 7.05 Å². The Morgan fingerprint density at radius 1 is 1.14 bits per heavy atom. The quantitative estimate of drug-likeness (QED) is 0.391. The molecule has 0 fully saturated rings. The SMILES string of the molecule is CN=C(NCCOCCS(C)(=O)=O)NCCc1ccccc1. The van der Waals surface area contributed by atoms with E-state index in [1.807, 2.05) is 18.2 Å². The number of hydrogen-bond donors (Lipinski definition) is 2. The van der Waals surface area contributed by atoms with E-state index in [4.69, 9.17) is 4.74 Å². The van der Waals surface area contributed by atoms with Crippen LogP contribution in [0.3, 0.4) is 0 Å². The lowest BCUT2D eigenvalue weighted by atomic mass is 10.1. The van der Waals surface area contributed by atoms with E-state index in [9.17, 15) is 8.42 Å². The van der Waals surface area contributed by atoms with Crippen molar-refractivity contribution in [1.29, 1.82) is 0 Å². The van der Waals surface area contributed by atoms with Gasteiger partial charge in [0.05, 0.1) is 19.0 Å². The zero-order chi connectivity index (χ0) is 16.3. The molecule has 0 unspecified atom stereocenters. The molecule has 0 aliphatic rings. The van der Waals surface area contributed by atoms with Gasteiger partial charge in [-0.05, 0) is 12.0 Å². The summed E-state index contributed by atoms with van der Waals surface area (Å²) in [5.74, 6) is 0.763. The Labute approximate surface area is 132 Å². The number of rotatable bonds is 9. The minimum Gasteiger partial charge on any atom is -0.379 e. The number of ether oxygens (including phenoxy) is 1. The van der Waals surface area contributed by atoms with Crippen molar-refractivity contribution in [2.45, 2.75) is 6.42 Å². The van der Waals surface area contributed by atoms with Gasteiger partial charge in [0, 0.05) is 26.4 Å². The van der Waals surface area contributed by atoms with Crippen molar-refractivity contribution < 1.29 is 13.2 Å². The Hall–Kier alpha value is -1.60. The number of sulfone groups is 1. The maximum absolute atomic E-state index is 10.9. The molecule has 1 aromatic carbocycles. The van der Waals surface area contributed by atoms with Crippen molar-refractivity contribution in [2.75, 3.05) is 45.4 Å². The first kappa shape index (κ1) is 18.4. The summed E-state index contributed by atoms with van der Waals surface area (Å²) in [4.78, 5) is 4.12. The summed E-state index contributed by atoms with van der Waals surface area (Å²) in [5.41, 5.74) is 1.27. The lowest BCUT2D eigenvalue weighted by Gasteiger charge is -2.12. The molecule has 0 aliphatic heterocycles. The molecule has 0 spiro atoms. The Kier molecular flexibility index (Phi) is 8.54. The highest BCUT2D eigenvalue weighted by atomic mass is 32.2. The third-order valence-corrected chi connectivity index (χ3v) is 3.82. The van der Waals surface area contributed by atoms with Crippen molar-refractivity contribution in [1.82, 2.24) is 10.6 Å². The fourth-order valence-corrected chi connectivity index (χ4v) is 2.17. The first-order valence-corrected chi connectivity index (χ1v) is 9.31. The minimum absolute atomic E-state index is 0.0526. The zero-order valence-electron chi connectivity index (χ0n) is 13.2. The fourth-order valence-electron chi connectivity index (χ4n) is 1.74. The smallest absolute Gasteiger partial charge is 0.191 e. The van der Waals surface area contributed by atoms with Crippen molar-refractivity contribution in [3.8, 4) is 0 Å². The molecule has 1 rings (SSSR count). The molecule has 0 atom stereocenters. The third kappa shape index (κ3) is 9.36. The Morgan fingerprint density at radius 2 is 1.82 bits per heavy atom. The van der Waals surface area contributed by atoms with Gasteiger partial charge in [-0.3, -0.25) is 4.99 Å². The Morgan fingerprint density at radius 3 is 2.45 bits per heavy atom. The summed E-state index contributed by atoms with van der Waals surface area (Å²) in [6.45, 7) is 2.03. The molecule has 0 amide bonds. The minimum atomic E-state index is -2.95. The summed E-state index contributed by atoms with van der Waals surface area (Å²) in [7, 11) is -1.24. The van der Waals surface area contributed by atoms with E-state index in [2.05, 4.69) is 27.8 Å². The highest BCUT2D eigenvalue weighted by Gasteiger charge is 2.01. The standard InChI is InChI=1S/C15H25N3O3S/c1-16-15(17-9-8-14-6-4-3-5-7-14)18-10-11-21-12-13-22(2,19)20/h3-7H,8-13H2,1-2H3,(H2,16,17,18). The topological polar surface area (TPSA) is 79.8 Å². The summed E-state index contributed by atoms with van der Waals surface area (Å²) in [6, 6.07) is 10.2. The van der Waals surface area contributed by atoms with Crippen LogP contribution in [0, 0.1) is 0 Å². The number of hydrogen-bond acceptors (Lipinski definition) is 4. The molecule has 0 bridgehead atoms. The van der Waals surface area contributed by atoms with Crippen molar-refractivity contribution in [3.05, 3.63) is 35.9 Å². The van der Waals surface area contributed by atoms with Crippen LogP contribution in [-0.4, -0.2) is 59.7 Å². The van der Waals surface area contributed by atoms with Gasteiger partial charge in [-0.25, -0.2) is 8.42 Å². The van der Waals surface area contributed by atoms with E-state index in [0.717, 1.165) is 13.0 Å². The van der Waals surface area contributed by atoms with Gasteiger partial charge < -0.3 is 15.4 Å². The summed E-state index contributed by atoms with van der Waals surface area (Å²) >= 11 is 0. The van der Waals surface area contributed by atoms with Crippen LogP contribution in [-0.2, 0) is 21.0 Å². The normalized spacial score (nSPS) is 12.2. The number of benzene rings is 1. The Balaban J connectivity index is 2.10. The van der Waals surface area contributed by atoms with Gasteiger partial charge in [0.1, 0.15) is 9.84 Å². The van der Waals surface area contributed by atoms with Crippen molar-refractivity contribution in [2.24, 2.45) is 4.99 Å². The van der Waals surface area contributed by atoms with Gasteiger partial charge in [-0.2, -0.15) is 0 Å². The monoisotopic (exact) mass is 327 g/mol. The molecule has 0 aromatic heterocycles. The van der Waals surface area contributed by atoms with E-state index >= 15 is 0 Å². The number of nitrogens with zero attached hydrogens (tertiary/aromatic N) is 1. The van der Waals surface area contributed by atoms with Crippen LogP contribution in [0.5, 0.6) is 0 Å².